The van der Waals surface area contributed by atoms with Crippen LogP contribution in [-0.2, 0) is 24.4 Å². The van der Waals surface area contributed by atoms with Gasteiger partial charge in [0.1, 0.15) is 0 Å². The second kappa shape index (κ2) is 4.11. The molecule has 2 heteroatoms. The van der Waals surface area contributed by atoms with Crippen LogP contribution >= 0.6 is 0 Å². The maximum absolute atomic E-state index is 5.63. The summed E-state index contributed by atoms with van der Waals surface area (Å²) in [7, 11) is 0. The normalized spacial score (nSPS) is 14.8. The third-order valence-electron chi connectivity index (χ3n) is 2.56. The molecule has 0 bridgehead atoms. The standard InChI is InChI=1S/C12H17NO/c1-9(2)14-8-11-5-3-4-10-6-13-7-12(10)11/h3-5,9,13H,6-8H2,1-2H3. The largest absolute Gasteiger partial charge is 0.374 e. The molecule has 0 amide bonds. The van der Waals surface area contributed by atoms with Crippen LogP contribution in [0.15, 0.2) is 18.2 Å². The Morgan fingerprint density at radius 1 is 1.36 bits per heavy atom. The van der Waals surface area contributed by atoms with Crippen LogP contribution in [0.3, 0.4) is 0 Å². The third-order valence-corrected chi connectivity index (χ3v) is 2.56. The molecule has 1 aromatic rings. The number of benzene rings is 1. The van der Waals surface area contributed by atoms with Crippen molar-refractivity contribution in [1.82, 2.24) is 5.32 Å². The van der Waals surface area contributed by atoms with E-state index in [-0.39, 0.29) is 0 Å². The molecule has 1 N–H and O–H groups in total. The zero-order valence-corrected chi connectivity index (χ0v) is 8.84. The molecule has 0 saturated heterocycles. The van der Waals surface area contributed by atoms with Gasteiger partial charge in [-0.05, 0) is 30.5 Å². The molecule has 0 spiro atoms. The van der Waals surface area contributed by atoms with Crippen molar-refractivity contribution in [1.29, 1.82) is 0 Å². The predicted octanol–water partition coefficient (Wildman–Crippen LogP) is 2.21. The topological polar surface area (TPSA) is 21.3 Å². The minimum absolute atomic E-state index is 0.306. The summed E-state index contributed by atoms with van der Waals surface area (Å²) in [5, 5.41) is 3.36. The first-order chi connectivity index (χ1) is 6.77. The summed E-state index contributed by atoms with van der Waals surface area (Å²) in [5.74, 6) is 0. The van der Waals surface area contributed by atoms with Gasteiger partial charge < -0.3 is 10.1 Å². The summed E-state index contributed by atoms with van der Waals surface area (Å²) in [6.45, 7) is 6.88. The van der Waals surface area contributed by atoms with Crippen molar-refractivity contribution in [3.8, 4) is 0 Å². The van der Waals surface area contributed by atoms with Crippen LogP contribution < -0.4 is 5.32 Å². The number of rotatable bonds is 3. The van der Waals surface area contributed by atoms with E-state index < -0.39 is 0 Å². The molecule has 1 aliphatic heterocycles. The monoisotopic (exact) mass is 191 g/mol. The average Bonchev–Trinajstić information content (AvgIpc) is 2.62. The maximum Gasteiger partial charge on any atom is 0.0723 e. The van der Waals surface area contributed by atoms with Gasteiger partial charge in [0.25, 0.3) is 0 Å². The lowest BCUT2D eigenvalue weighted by Gasteiger charge is -2.10. The van der Waals surface area contributed by atoms with Gasteiger partial charge in [0, 0.05) is 13.1 Å². The van der Waals surface area contributed by atoms with Crippen LogP contribution in [0.1, 0.15) is 30.5 Å². The highest BCUT2D eigenvalue weighted by Crippen LogP contribution is 2.20. The van der Waals surface area contributed by atoms with Gasteiger partial charge in [-0.25, -0.2) is 0 Å². The highest BCUT2D eigenvalue weighted by atomic mass is 16.5. The Morgan fingerprint density at radius 2 is 2.21 bits per heavy atom. The first kappa shape index (κ1) is 9.69. The van der Waals surface area contributed by atoms with Crippen molar-refractivity contribution in [2.24, 2.45) is 0 Å². The zero-order valence-electron chi connectivity index (χ0n) is 8.84. The summed E-state index contributed by atoms with van der Waals surface area (Å²) in [4.78, 5) is 0. The van der Waals surface area contributed by atoms with E-state index in [0.717, 1.165) is 19.7 Å². The lowest BCUT2D eigenvalue weighted by Crippen LogP contribution is -2.05. The van der Waals surface area contributed by atoms with Crippen LogP contribution in [0, 0.1) is 0 Å². The number of hydrogen-bond acceptors (Lipinski definition) is 2. The Kier molecular flexibility index (Phi) is 2.85. The first-order valence-corrected chi connectivity index (χ1v) is 5.19. The van der Waals surface area contributed by atoms with Crippen molar-refractivity contribution < 1.29 is 4.74 Å². The lowest BCUT2D eigenvalue weighted by atomic mass is 10.0. The van der Waals surface area contributed by atoms with E-state index in [1.807, 2.05) is 0 Å². The van der Waals surface area contributed by atoms with Crippen molar-refractivity contribution in [2.75, 3.05) is 0 Å². The summed E-state index contributed by atoms with van der Waals surface area (Å²) >= 11 is 0. The van der Waals surface area contributed by atoms with Gasteiger partial charge in [0.15, 0.2) is 0 Å². The van der Waals surface area contributed by atoms with E-state index in [1.165, 1.54) is 16.7 Å². The van der Waals surface area contributed by atoms with E-state index in [1.54, 1.807) is 0 Å². The number of nitrogens with one attached hydrogen (secondary N) is 1. The lowest BCUT2D eigenvalue weighted by molar-refractivity contribution is 0.0653. The van der Waals surface area contributed by atoms with Crippen LogP contribution in [0.25, 0.3) is 0 Å². The van der Waals surface area contributed by atoms with E-state index in [0.29, 0.717) is 6.10 Å². The van der Waals surface area contributed by atoms with E-state index in [2.05, 4.69) is 37.4 Å². The van der Waals surface area contributed by atoms with E-state index >= 15 is 0 Å². The molecule has 0 aromatic heterocycles. The SMILES string of the molecule is CC(C)OCc1cccc2c1CNC2. The molecular weight excluding hydrogens is 174 g/mol. The van der Waals surface area contributed by atoms with Gasteiger partial charge in [-0.3, -0.25) is 0 Å². The Morgan fingerprint density at radius 3 is 3.00 bits per heavy atom. The summed E-state index contributed by atoms with van der Waals surface area (Å²) in [5.41, 5.74) is 4.20. The van der Waals surface area contributed by atoms with Crippen LogP contribution in [-0.4, -0.2) is 6.10 Å². The van der Waals surface area contributed by atoms with E-state index in [9.17, 15) is 0 Å². The Labute approximate surface area is 85.3 Å². The second-order valence-electron chi connectivity index (χ2n) is 4.02. The van der Waals surface area contributed by atoms with Crippen molar-refractivity contribution in [3.05, 3.63) is 34.9 Å². The molecule has 2 nitrogen and oxygen atoms in total. The van der Waals surface area contributed by atoms with Crippen LogP contribution in [0.2, 0.25) is 0 Å². The second-order valence-corrected chi connectivity index (χ2v) is 4.02. The highest BCUT2D eigenvalue weighted by Gasteiger charge is 2.13. The molecule has 0 atom stereocenters. The molecule has 1 heterocycles. The molecule has 0 radical (unpaired) electrons. The van der Waals surface area contributed by atoms with Crippen LogP contribution in [0.5, 0.6) is 0 Å². The number of fused-ring (bicyclic) bond motifs is 1. The van der Waals surface area contributed by atoms with E-state index in [4.69, 9.17) is 4.74 Å². The molecule has 76 valence electrons. The fourth-order valence-electron chi connectivity index (χ4n) is 1.79. The summed E-state index contributed by atoms with van der Waals surface area (Å²) in [6, 6.07) is 6.47. The Balaban J connectivity index is 2.14. The highest BCUT2D eigenvalue weighted by molar-refractivity contribution is 5.37. The number of hydrogen-bond donors (Lipinski definition) is 1. The molecule has 0 fully saturated rings. The molecule has 1 aliphatic rings. The number of ether oxygens (including phenoxy) is 1. The van der Waals surface area contributed by atoms with Gasteiger partial charge in [0.05, 0.1) is 12.7 Å². The molecule has 0 aliphatic carbocycles. The Bertz CT molecular complexity index is 320. The summed E-state index contributed by atoms with van der Waals surface area (Å²) < 4.78 is 5.63. The molecule has 0 unspecified atom stereocenters. The van der Waals surface area contributed by atoms with Crippen molar-refractivity contribution >= 4 is 0 Å². The fraction of sp³-hybridized carbons (Fsp3) is 0.500. The van der Waals surface area contributed by atoms with Gasteiger partial charge in [-0.2, -0.15) is 0 Å². The smallest absolute Gasteiger partial charge is 0.0723 e. The molecule has 14 heavy (non-hydrogen) atoms. The third kappa shape index (κ3) is 1.97. The van der Waals surface area contributed by atoms with Crippen molar-refractivity contribution in [3.63, 3.8) is 0 Å². The predicted molar refractivity (Wildman–Crippen MR) is 56.9 cm³/mol. The Hall–Kier alpha value is -0.860. The van der Waals surface area contributed by atoms with Gasteiger partial charge in [-0.1, -0.05) is 18.2 Å². The van der Waals surface area contributed by atoms with Gasteiger partial charge in [0.2, 0.25) is 0 Å². The fourth-order valence-corrected chi connectivity index (χ4v) is 1.79. The first-order valence-electron chi connectivity index (χ1n) is 5.19. The maximum atomic E-state index is 5.63. The molecular formula is C12H17NO. The van der Waals surface area contributed by atoms with Gasteiger partial charge >= 0.3 is 0 Å². The van der Waals surface area contributed by atoms with Crippen LogP contribution in [0.4, 0.5) is 0 Å². The average molecular weight is 191 g/mol. The van der Waals surface area contributed by atoms with Crippen molar-refractivity contribution in [2.45, 2.75) is 39.6 Å². The molecule has 2 rings (SSSR count). The quantitative estimate of drug-likeness (QED) is 0.791. The molecule has 0 saturated carbocycles. The van der Waals surface area contributed by atoms with Gasteiger partial charge in [-0.15, -0.1) is 0 Å². The molecule has 1 aromatic carbocycles. The minimum atomic E-state index is 0.306. The summed E-state index contributed by atoms with van der Waals surface area (Å²) in [6.07, 6.45) is 0.306. The minimum Gasteiger partial charge on any atom is -0.374 e. The zero-order chi connectivity index (χ0) is 9.97.